The lowest BCUT2D eigenvalue weighted by Crippen LogP contribution is -2.43. The standard InChI is InChI=1S/C21H20BrClF3NO2/c1-20(2,3)29-19(28)27-17(14-6-4-5-7-16(14)23)9-8-12-10-13(22)11-15(18(12)27)21(24,25)26/h4-7,10-11,17H,8-9H2,1-3H3. The molecule has 1 amide bonds. The molecule has 1 aliphatic heterocycles. The maximum atomic E-state index is 13.9. The molecule has 3 rings (SSSR count). The fraction of sp³-hybridized carbons (Fsp3) is 0.381. The van der Waals surface area contributed by atoms with Crippen molar-refractivity contribution in [3.05, 3.63) is 62.6 Å². The summed E-state index contributed by atoms with van der Waals surface area (Å²) >= 11 is 9.49. The molecule has 0 saturated heterocycles. The number of fused-ring (bicyclic) bond motifs is 1. The Kier molecular flexibility index (Phi) is 5.94. The molecule has 1 aliphatic rings. The first-order valence-corrected chi connectivity index (χ1v) is 10.2. The number of nitrogens with zero attached hydrogens (tertiary/aromatic N) is 1. The Hall–Kier alpha value is -1.73. The summed E-state index contributed by atoms with van der Waals surface area (Å²) in [4.78, 5) is 14.2. The summed E-state index contributed by atoms with van der Waals surface area (Å²) in [7, 11) is 0. The Morgan fingerprint density at radius 3 is 2.45 bits per heavy atom. The zero-order valence-corrected chi connectivity index (χ0v) is 18.5. The highest BCUT2D eigenvalue weighted by atomic mass is 79.9. The van der Waals surface area contributed by atoms with Crippen LogP contribution in [0, 0.1) is 0 Å². The number of carbonyl (C=O) groups is 1. The molecule has 1 atom stereocenters. The zero-order valence-electron chi connectivity index (χ0n) is 16.1. The number of hydrogen-bond donors (Lipinski definition) is 0. The Morgan fingerprint density at radius 2 is 1.86 bits per heavy atom. The normalized spacial score (nSPS) is 17.1. The van der Waals surface area contributed by atoms with Gasteiger partial charge in [0, 0.05) is 9.50 Å². The van der Waals surface area contributed by atoms with E-state index in [1.807, 2.05) is 0 Å². The van der Waals surface area contributed by atoms with E-state index in [0.717, 1.165) is 11.0 Å². The molecule has 0 aromatic heterocycles. The Bertz CT molecular complexity index is 940. The third-order valence-corrected chi connectivity index (χ3v) is 5.36. The van der Waals surface area contributed by atoms with Crippen LogP contribution < -0.4 is 4.90 Å². The quantitative estimate of drug-likeness (QED) is 0.413. The van der Waals surface area contributed by atoms with Crippen molar-refractivity contribution in [2.24, 2.45) is 0 Å². The van der Waals surface area contributed by atoms with Gasteiger partial charge < -0.3 is 4.74 Å². The van der Waals surface area contributed by atoms with Gasteiger partial charge >= 0.3 is 12.3 Å². The molecule has 0 radical (unpaired) electrons. The number of benzene rings is 2. The summed E-state index contributed by atoms with van der Waals surface area (Å²) < 4.78 is 47.5. The molecule has 0 fully saturated rings. The van der Waals surface area contributed by atoms with Gasteiger partial charge in [0.1, 0.15) is 5.60 Å². The van der Waals surface area contributed by atoms with Crippen LogP contribution in [0.4, 0.5) is 23.7 Å². The number of ether oxygens (including phenoxy) is 1. The molecule has 1 heterocycles. The van der Waals surface area contributed by atoms with E-state index >= 15 is 0 Å². The Balaban J connectivity index is 2.24. The van der Waals surface area contributed by atoms with Gasteiger partial charge in [0.25, 0.3) is 0 Å². The van der Waals surface area contributed by atoms with Gasteiger partial charge in [-0.25, -0.2) is 4.79 Å². The van der Waals surface area contributed by atoms with E-state index in [1.54, 1.807) is 51.1 Å². The molecule has 2 aromatic carbocycles. The first kappa shape index (κ1) is 22.0. The largest absolute Gasteiger partial charge is 0.443 e. The van der Waals surface area contributed by atoms with Gasteiger partial charge in [-0.2, -0.15) is 13.2 Å². The van der Waals surface area contributed by atoms with E-state index < -0.39 is 29.5 Å². The van der Waals surface area contributed by atoms with Crippen molar-refractivity contribution >= 4 is 39.3 Å². The minimum atomic E-state index is -4.64. The van der Waals surface area contributed by atoms with Crippen LogP contribution >= 0.6 is 27.5 Å². The predicted octanol–water partition coefficient (Wildman–Crippen LogP) is 7.55. The van der Waals surface area contributed by atoms with Gasteiger partial charge in [0.2, 0.25) is 0 Å². The van der Waals surface area contributed by atoms with Crippen LogP contribution in [-0.4, -0.2) is 11.7 Å². The molecular weight excluding hydrogens is 471 g/mol. The molecule has 0 bridgehead atoms. The van der Waals surface area contributed by atoms with Crippen LogP contribution in [0.2, 0.25) is 5.02 Å². The lowest BCUT2D eigenvalue weighted by atomic mass is 9.89. The number of amides is 1. The smallest absolute Gasteiger partial charge is 0.418 e. The number of carbonyl (C=O) groups excluding carboxylic acids is 1. The monoisotopic (exact) mass is 489 g/mol. The SMILES string of the molecule is CC(C)(C)OC(=O)N1c2c(cc(Br)cc2C(F)(F)F)CCC1c1ccccc1Cl. The third kappa shape index (κ3) is 4.72. The second-order valence-electron chi connectivity index (χ2n) is 7.89. The molecule has 0 saturated carbocycles. The van der Waals surface area contributed by atoms with E-state index in [-0.39, 0.29) is 5.69 Å². The molecular formula is C21H20BrClF3NO2. The van der Waals surface area contributed by atoms with E-state index in [2.05, 4.69) is 15.9 Å². The van der Waals surface area contributed by atoms with Crippen LogP contribution in [0.25, 0.3) is 0 Å². The van der Waals surface area contributed by atoms with Gasteiger partial charge in [0.15, 0.2) is 0 Å². The molecule has 2 aromatic rings. The Labute approximate surface area is 180 Å². The molecule has 0 aliphatic carbocycles. The van der Waals surface area contributed by atoms with Crippen LogP contribution in [0.3, 0.4) is 0 Å². The van der Waals surface area contributed by atoms with Gasteiger partial charge in [-0.15, -0.1) is 0 Å². The van der Waals surface area contributed by atoms with Crippen molar-refractivity contribution in [2.75, 3.05) is 4.90 Å². The highest BCUT2D eigenvalue weighted by molar-refractivity contribution is 9.10. The first-order valence-electron chi connectivity index (χ1n) is 9.05. The second kappa shape index (κ2) is 7.84. The summed E-state index contributed by atoms with van der Waals surface area (Å²) in [6.45, 7) is 5.02. The third-order valence-electron chi connectivity index (χ3n) is 4.55. The van der Waals surface area contributed by atoms with Crippen LogP contribution in [0.5, 0.6) is 0 Å². The van der Waals surface area contributed by atoms with E-state index in [4.69, 9.17) is 16.3 Å². The lowest BCUT2D eigenvalue weighted by molar-refractivity contribution is -0.137. The van der Waals surface area contributed by atoms with Crippen LogP contribution in [0.15, 0.2) is 40.9 Å². The molecule has 29 heavy (non-hydrogen) atoms. The summed E-state index contributed by atoms with van der Waals surface area (Å²) in [5.74, 6) is 0. The number of anilines is 1. The maximum absolute atomic E-state index is 13.9. The molecule has 156 valence electrons. The second-order valence-corrected chi connectivity index (χ2v) is 9.21. The summed E-state index contributed by atoms with van der Waals surface area (Å²) in [5.41, 5.74) is -0.911. The number of halogens is 5. The summed E-state index contributed by atoms with van der Waals surface area (Å²) in [5, 5.41) is 0.389. The van der Waals surface area contributed by atoms with E-state index in [1.165, 1.54) is 0 Å². The molecule has 3 nitrogen and oxygen atoms in total. The maximum Gasteiger partial charge on any atom is 0.418 e. The summed E-state index contributed by atoms with van der Waals surface area (Å²) in [6, 6.07) is 8.80. The average Bonchev–Trinajstić information content (AvgIpc) is 2.58. The van der Waals surface area contributed by atoms with Gasteiger partial charge in [-0.3, -0.25) is 4.90 Å². The summed E-state index contributed by atoms with van der Waals surface area (Å²) in [6.07, 6.45) is -4.69. The lowest BCUT2D eigenvalue weighted by Gasteiger charge is -2.40. The molecule has 1 unspecified atom stereocenters. The number of rotatable bonds is 1. The van der Waals surface area contributed by atoms with Crippen molar-refractivity contribution in [3.63, 3.8) is 0 Å². The number of aryl methyl sites for hydroxylation is 1. The Morgan fingerprint density at radius 1 is 1.21 bits per heavy atom. The van der Waals surface area contributed by atoms with Gasteiger partial charge in [-0.1, -0.05) is 45.7 Å². The van der Waals surface area contributed by atoms with Gasteiger partial charge in [0.05, 0.1) is 17.3 Å². The molecule has 0 spiro atoms. The molecule has 0 N–H and O–H groups in total. The van der Waals surface area contributed by atoms with E-state index in [0.29, 0.717) is 33.5 Å². The van der Waals surface area contributed by atoms with Gasteiger partial charge in [-0.05, 0) is 62.9 Å². The predicted molar refractivity (Wildman–Crippen MR) is 110 cm³/mol. The van der Waals surface area contributed by atoms with E-state index in [9.17, 15) is 18.0 Å². The van der Waals surface area contributed by atoms with Crippen molar-refractivity contribution in [1.82, 2.24) is 0 Å². The topological polar surface area (TPSA) is 29.5 Å². The van der Waals surface area contributed by atoms with Crippen LogP contribution in [0.1, 0.15) is 49.9 Å². The van der Waals surface area contributed by atoms with Crippen molar-refractivity contribution in [2.45, 2.75) is 51.4 Å². The fourth-order valence-corrected chi connectivity index (χ4v) is 4.26. The zero-order chi connectivity index (χ0) is 21.6. The molecule has 8 heteroatoms. The van der Waals surface area contributed by atoms with Crippen molar-refractivity contribution in [3.8, 4) is 0 Å². The fourth-order valence-electron chi connectivity index (χ4n) is 3.49. The average molecular weight is 491 g/mol. The van der Waals surface area contributed by atoms with Crippen LogP contribution in [-0.2, 0) is 17.3 Å². The minimum Gasteiger partial charge on any atom is -0.443 e. The minimum absolute atomic E-state index is 0.175. The number of alkyl halides is 3. The highest BCUT2D eigenvalue weighted by Gasteiger charge is 2.43. The highest BCUT2D eigenvalue weighted by Crippen LogP contribution is 2.48. The first-order chi connectivity index (χ1) is 13.4. The van der Waals surface area contributed by atoms with Crippen molar-refractivity contribution < 1.29 is 22.7 Å². The van der Waals surface area contributed by atoms with Crippen molar-refractivity contribution in [1.29, 1.82) is 0 Å². The number of hydrogen-bond acceptors (Lipinski definition) is 2.